The van der Waals surface area contributed by atoms with Crippen LogP contribution in [0.3, 0.4) is 0 Å². The van der Waals surface area contributed by atoms with Gasteiger partial charge in [-0.25, -0.2) is 4.98 Å². The lowest BCUT2D eigenvalue weighted by Crippen LogP contribution is -2.30. The van der Waals surface area contributed by atoms with E-state index in [1.54, 1.807) is 6.07 Å². The van der Waals surface area contributed by atoms with Gasteiger partial charge in [-0.05, 0) is 11.5 Å². The number of rotatable bonds is 1. The van der Waals surface area contributed by atoms with Crippen LogP contribution in [-0.2, 0) is 0 Å². The average molecular weight is 293 g/mol. The quantitative estimate of drug-likeness (QED) is 0.771. The monoisotopic (exact) mass is 292 g/mol. The van der Waals surface area contributed by atoms with Crippen LogP contribution >= 0.6 is 11.6 Å². The molecule has 0 bridgehead atoms. The fraction of sp³-hybridized carbons (Fsp3) is 0.286. The van der Waals surface area contributed by atoms with E-state index >= 15 is 0 Å². The van der Waals surface area contributed by atoms with Gasteiger partial charge >= 0.3 is 0 Å². The molecule has 1 saturated heterocycles. The highest BCUT2D eigenvalue weighted by molar-refractivity contribution is 6.34. The van der Waals surface area contributed by atoms with E-state index in [1.807, 2.05) is 24.3 Å². The summed E-state index contributed by atoms with van der Waals surface area (Å²) in [6.07, 6.45) is -1.82. The maximum atomic E-state index is 12.3. The van der Waals surface area contributed by atoms with Gasteiger partial charge < -0.3 is 15.1 Å². The number of carbonyl (C=O) groups is 1. The summed E-state index contributed by atoms with van der Waals surface area (Å²) in [6.45, 7) is 0.207. The van der Waals surface area contributed by atoms with E-state index in [2.05, 4.69) is 4.98 Å². The zero-order chi connectivity index (χ0) is 14.3. The van der Waals surface area contributed by atoms with Crippen LogP contribution in [0.1, 0.15) is 10.5 Å². The minimum Gasteiger partial charge on any atom is -0.388 e. The summed E-state index contributed by atoms with van der Waals surface area (Å²) < 4.78 is 0. The van der Waals surface area contributed by atoms with Crippen LogP contribution < -0.4 is 0 Å². The third-order valence-electron chi connectivity index (χ3n) is 3.46. The molecular weight excluding hydrogens is 280 g/mol. The van der Waals surface area contributed by atoms with Gasteiger partial charge in [0.15, 0.2) is 0 Å². The number of carbonyl (C=O) groups excluding carboxylic acids is 1. The molecule has 1 aliphatic rings. The number of aliphatic hydroxyl groups excluding tert-OH is 2. The minimum absolute atomic E-state index is 0.103. The van der Waals surface area contributed by atoms with Crippen molar-refractivity contribution in [3.8, 4) is 0 Å². The lowest BCUT2D eigenvalue weighted by molar-refractivity contribution is 0.0572. The normalized spacial score (nSPS) is 22.4. The van der Waals surface area contributed by atoms with Gasteiger partial charge in [0, 0.05) is 18.5 Å². The Labute approximate surface area is 120 Å². The van der Waals surface area contributed by atoms with Crippen LogP contribution in [0.25, 0.3) is 10.8 Å². The summed E-state index contributed by atoms with van der Waals surface area (Å²) >= 11 is 6.09. The van der Waals surface area contributed by atoms with E-state index in [0.29, 0.717) is 0 Å². The second kappa shape index (κ2) is 5.01. The number of amides is 1. The molecular formula is C14H13ClN2O3. The van der Waals surface area contributed by atoms with E-state index in [9.17, 15) is 15.0 Å². The van der Waals surface area contributed by atoms with Crippen molar-refractivity contribution in [1.29, 1.82) is 0 Å². The van der Waals surface area contributed by atoms with E-state index < -0.39 is 12.2 Å². The number of hydrogen-bond acceptors (Lipinski definition) is 4. The molecule has 1 fully saturated rings. The van der Waals surface area contributed by atoms with E-state index in [4.69, 9.17) is 11.6 Å². The number of fused-ring (bicyclic) bond motifs is 1. The second-order valence-corrected chi connectivity index (χ2v) is 5.22. The first-order valence-electron chi connectivity index (χ1n) is 6.27. The molecule has 5 nitrogen and oxygen atoms in total. The first kappa shape index (κ1) is 13.3. The highest BCUT2D eigenvalue weighted by Gasteiger charge is 2.33. The van der Waals surface area contributed by atoms with Gasteiger partial charge in [0.2, 0.25) is 0 Å². The van der Waals surface area contributed by atoms with Crippen molar-refractivity contribution in [1.82, 2.24) is 9.88 Å². The molecule has 1 aromatic carbocycles. The predicted molar refractivity (Wildman–Crippen MR) is 74.7 cm³/mol. The maximum Gasteiger partial charge on any atom is 0.272 e. The fourth-order valence-corrected chi connectivity index (χ4v) is 2.63. The summed E-state index contributed by atoms with van der Waals surface area (Å²) in [6, 6.07) is 9.07. The molecule has 1 aliphatic heterocycles. The molecule has 6 heteroatoms. The summed E-state index contributed by atoms with van der Waals surface area (Å²) in [5.41, 5.74) is 0.218. The number of nitrogens with zero attached hydrogens (tertiary/aromatic N) is 2. The van der Waals surface area contributed by atoms with Crippen molar-refractivity contribution in [2.75, 3.05) is 13.1 Å². The number of benzene rings is 1. The van der Waals surface area contributed by atoms with Crippen molar-refractivity contribution in [2.24, 2.45) is 0 Å². The molecule has 2 N–H and O–H groups in total. The molecule has 104 valence electrons. The standard InChI is InChI=1S/C14H13ClN2O3/c15-13-9-4-2-1-3-8(9)5-10(16-13)14(20)17-6-11(18)12(19)7-17/h1-5,11-12,18-19H,6-7H2/t11-,12+. The lowest BCUT2D eigenvalue weighted by atomic mass is 10.1. The Morgan fingerprint density at radius 1 is 1.25 bits per heavy atom. The number of hydrogen-bond donors (Lipinski definition) is 2. The molecule has 2 aromatic rings. The van der Waals surface area contributed by atoms with Gasteiger partial charge in [0.1, 0.15) is 10.8 Å². The lowest BCUT2D eigenvalue weighted by Gasteiger charge is -2.15. The van der Waals surface area contributed by atoms with Gasteiger partial charge in [-0.15, -0.1) is 0 Å². The van der Waals surface area contributed by atoms with Gasteiger partial charge in [0.25, 0.3) is 5.91 Å². The van der Waals surface area contributed by atoms with Crippen molar-refractivity contribution >= 4 is 28.3 Å². The molecule has 1 amide bonds. The molecule has 0 unspecified atom stereocenters. The molecule has 0 saturated carbocycles. The van der Waals surface area contributed by atoms with Crippen molar-refractivity contribution < 1.29 is 15.0 Å². The third kappa shape index (κ3) is 2.24. The van der Waals surface area contributed by atoms with Gasteiger partial charge in [-0.2, -0.15) is 0 Å². The fourth-order valence-electron chi connectivity index (χ4n) is 2.36. The van der Waals surface area contributed by atoms with Gasteiger partial charge in [-0.3, -0.25) is 4.79 Å². The Morgan fingerprint density at radius 3 is 2.60 bits per heavy atom. The molecule has 20 heavy (non-hydrogen) atoms. The average Bonchev–Trinajstić information content (AvgIpc) is 2.78. The van der Waals surface area contributed by atoms with Crippen LogP contribution in [0, 0.1) is 0 Å². The molecule has 0 radical (unpaired) electrons. The Morgan fingerprint density at radius 2 is 1.90 bits per heavy atom. The first-order valence-corrected chi connectivity index (χ1v) is 6.65. The highest BCUT2D eigenvalue weighted by atomic mass is 35.5. The predicted octanol–water partition coefficient (Wildman–Crippen LogP) is 1.07. The Bertz CT molecular complexity index is 667. The van der Waals surface area contributed by atoms with Crippen LogP contribution in [0.5, 0.6) is 0 Å². The number of halogens is 1. The second-order valence-electron chi connectivity index (χ2n) is 4.86. The van der Waals surface area contributed by atoms with Gasteiger partial charge in [0.05, 0.1) is 12.2 Å². The molecule has 0 aliphatic carbocycles. The largest absolute Gasteiger partial charge is 0.388 e. The zero-order valence-electron chi connectivity index (χ0n) is 10.5. The van der Waals surface area contributed by atoms with E-state index in [0.717, 1.165) is 10.8 Å². The summed E-state index contributed by atoms with van der Waals surface area (Å²) in [5.74, 6) is -0.340. The molecule has 1 aromatic heterocycles. The molecule has 0 spiro atoms. The maximum absolute atomic E-state index is 12.3. The SMILES string of the molecule is O=C(c1cc2ccccc2c(Cl)n1)N1C[C@@H](O)[C@@H](O)C1. The Balaban J connectivity index is 1.96. The molecule has 2 atom stereocenters. The zero-order valence-corrected chi connectivity index (χ0v) is 11.3. The number of aromatic nitrogens is 1. The van der Waals surface area contributed by atoms with Crippen molar-refractivity contribution in [3.05, 3.63) is 41.2 Å². The Kier molecular flexibility index (Phi) is 3.33. The van der Waals surface area contributed by atoms with Gasteiger partial charge in [-0.1, -0.05) is 35.9 Å². The third-order valence-corrected chi connectivity index (χ3v) is 3.75. The van der Waals surface area contributed by atoms with Crippen LogP contribution in [0.4, 0.5) is 0 Å². The van der Waals surface area contributed by atoms with Crippen molar-refractivity contribution in [3.63, 3.8) is 0 Å². The summed E-state index contributed by atoms with van der Waals surface area (Å²) in [7, 11) is 0. The number of β-amino-alcohol motifs (C(OH)–C–C–N with tert-alkyl or cyclic N) is 2. The van der Waals surface area contributed by atoms with E-state index in [1.165, 1.54) is 4.90 Å². The number of pyridine rings is 1. The summed E-state index contributed by atoms with van der Waals surface area (Å²) in [5, 5.41) is 20.9. The number of likely N-dealkylation sites (tertiary alicyclic amines) is 1. The van der Waals surface area contributed by atoms with E-state index in [-0.39, 0.29) is 29.8 Å². The molecule has 3 rings (SSSR count). The summed E-state index contributed by atoms with van der Waals surface area (Å²) in [4.78, 5) is 17.8. The topological polar surface area (TPSA) is 73.7 Å². The molecule has 2 heterocycles. The van der Waals surface area contributed by atoms with Crippen molar-refractivity contribution in [2.45, 2.75) is 12.2 Å². The number of aliphatic hydroxyl groups is 2. The highest BCUT2D eigenvalue weighted by Crippen LogP contribution is 2.23. The smallest absolute Gasteiger partial charge is 0.272 e. The van der Waals surface area contributed by atoms with Crippen LogP contribution in [-0.4, -0.2) is 51.3 Å². The minimum atomic E-state index is -0.908. The first-order chi connectivity index (χ1) is 9.56. The van der Waals surface area contributed by atoms with Crippen LogP contribution in [0.15, 0.2) is 30.3 Å². The Hall–Kier alpha value is -1.69. The van der Waals surface area contributed by atoms with Crippen LogP contribution in [0.2, 0.25) is 5.15 Å².